The van der Waals surface area contributed by atoms with Gasteiger partial charge < -0.3 is 25.9 Å². The number of aromatic nitrogens is 36. The summed E-state index contributed by atoms with van der Waals surface area (Å²) in [6, 6.07) is 48.3. The van der Waals surface area contributed by atoms with Crippen LogP contribution in [0.15, 0.2) is 249 Å². The molecule has 0 aliphatic rings. The molecule has 50 nitrogen and oxygen atoms in total. The number of carbonyl (C=O) groups is 4. The van der Waals surface area contributed by atoms with E-state index < -0.39 is 43.4 Å². The molecule has 0 fully saturated rings. The molecule has 14 heterocycles. The van der Waals surface area contributed by atoms with Gasteiger partial charge in [0.2, 0.25) is 75.9 Å². The number of nitrogens with zero attached hydrogens (tertiary/aromatic N) is 34. The number of benzene rings is 4. The van der Waals surface area contributed by atoms with E-state index in [4.69, 9.17) is 29.2 Å². The second-order valence-corrected chi connectivity index (χ2v) is 25.4. The molecule has 54 heteroatoms. The van der Waals surface area contributed by atoms with Crippen LogP contribution >= 0.6 is 0 Å². The minimum Gasteiger partial charge on any atom is -0.744 e. The molecule has 0 atom stereocenters. The van der Waals surface area contributed by atoms with Crippen molar-refractivity contribution in [2.75, 3.05) is 0 Å². The van der Waals surface area contributed by atoms with Gasteiger partial charge in [-0.1, -0.05) is 47.5 Å². The molecule has 0 spiro atoms. The first-order valence-electron chi connectivity index (χ1n) is 34.9. The van der Waals surface area contributed by atoms with Gasteiger partial charge in [-0.3, -0.25) is 59.3 Å². The van der Waals surface area contributed by atoms with E-state index in [0.29, 0.717) is 97.4 Å². The van der Waals surface area contributed by atoms with Gasteiger partial charge in [-0.2, -0.15) is 28.4 Å². The van der Waals surface area contributed by atoms with Crippen molar-refractivity contribution in [3.05, 3.63) is 267 Å². The Bertz CT molecular complexity index is 6260. The molecule has 0 aliphatic carbocycles. The molecule has 18 rings (SSSR count). The number of carboxylic acid groups (broad SMARTS) is 1. The Morgan fingerprint density at radius 2 is 0.727 bits per heavy atom. The van der Waals surface area contributed by atoms with Crippen LogP contribution in [0.1, 0.15) is 31.1 Å². The number of carbonyl (C=O) groups excluding carboxylic acids is 3. The fourth-order valence-corrected chi connectivity index (χ4v) is 10.1. The summed E-state index contributed by atoms with van der Waals surface area (Å²) >= 11 is 0. The number of hydrogen-bond acceptors (Lipinski definition) is 45. The quantitative estimate of drug-likeness (QED) is 0.0253. The molecule has 620 valence electrons. The third kappa shape index (κ3) is 27.3. The second kappa shape index (κ2) is 46.9. The SMILES string of the molecule is NC(=O)c1ccc(-c2nnc(-c3ccc(C(N)=O)cc3)nn2)cc1.O=COc1cc(-c2nnc(-c3c[c-]cc(C(=O)O)c3)nn2)cc(S(=O)(=O)[O-])c1.O=S(=O)=O.[Na+].[Na+].c1cc(-c2nnc(-c3ccncc3)nn2)ccn1.c1ccc(-c2nnc(-c3ccccn3)nn2)nc1.c1cncc(-c2nnc(-c3cccnc3)nn2)c1.c1n[nH]c(-c2nnc(-c3ncn[nH]3)nn2)n1. The van der Waals surface area contributed by atoms with Crippen molar-refractivity contribution in [2.45, 2.75) is 4.90 Å². The van der Waals surface area contributed by atoms with Crippen LogP contribution in [-0.2, 0) is 25.5 Å². The third-order valence-corrected chi connectivity index (χ3v) is 16.2. The number of amides is 2. The first-order valence-corrected chi connectivity index (χ1v) is 37.3. The Labute approximate surface area is 762 Å². The van der Waals surface area contributed by atoms with Crippen molar-refractivity contribution in [1.29, 1.82) is 0 Å². The van der Waals surface area contributed by atoms with Crippen molar-refractivity contribution in [3.63, 3.8) is 0 Å². The van der Waals surface area contributed by atoms with Gasteiger partial charge in [0.25, 0.3) is 12.4 Å². The van der Waals surface area contributed by atoms with Crippen LogP contribution in [0.25, 0.3) is 137 Å². The number of aromatic carboxylic acids is 1. The molecule has 14 aromatic heterocycles. The van der Waals surface area contributed by atoms with Crippen molar-refractivity contribution < 1.29 is 114 Å². The number of nitrogens with two attached hydrogens (primary N) is 2. The summed E-state index contributed by atoms with van der Waals surface area (Å²) in [5.74, 6) is 2.13. The zero-order valence-corrected chi connectivity index (χ0v) is 70.9. The molecular formula is C74H48N38Na2O12S2. The minimum atomic E-state index is -4.84. The first-order chi connectivity index (χ1) is 61.3. The average Bonchev–Trinajstić information content (AvgIpc) is 1.59. The average molecular weight is 1770 g/mol. The van der Waals surface area contributed by atoms with E-state index in [1.807, 2.05) is 72.8 Å². The summed E-state index contributed by atoms with van der Waals surface area (Å²) in [4.78, 5) is 74.8. The van der Waals surface area contributed by atoms with Crippen LogP contribution in [0.2, 0.25) is 0 Å². The van der Waals surface area contributed by atoms with E-state index in [1.165, 1.54) is 36.9 Å². The van der Waals surface area contributed by atoms with Gasteiger partial charge in [-0.25, -0.2) is 18.4 Å². The van der Waals surface area contributed by atoms with Gasteiger partial charge in [-0.15, -0.1) is 141 Å². The summed E-state index contributed by atoms with van der Waals surface area (Å²) in [7, 11) is -7.95. The predicted octanol–water partition coefficient (Wildman–Crippen LogP) is -2.65. The van der Waals surface area contributed by atoms with Crippen LogP contribution in [0.5, 0.6) is 5.75 Å². The zero-order valence-electron chi connectivity index (χ0n) is 65.3. The molecule has 4 aromatic carbocycles. The third-order valence-electron chi connectivity index (χ3n) is 15.4. The molecule has 0 aliphatic heterocycles. The number of primary amides is 2. The van der Waals surface area contributed by atoms with Gasteiger partial charge in [0.1, 0.15) is 45.7 Å². The van der Waals surface area contributed by atoms with Gasteiger partial charge in [-0.05, 0) is 115 Å². The second-order valence-electron chi connectivity index (χ2n) is 23.6. The van der Waals surface area contributed by atoms with Crippen molar-refractivity contribution in [3.8, 4) is 143 Å². The topological polar surface area (TPSA) is 728 Å². The number of nitrogens with one attached hydrogen (secondary N) is 2. The molecule has 128 heavy (non-hydrogen) atoms. The van der Waals surface area contributed by atoms with Crippen LogP contribution in [0.4, 0.5) is 0 Å². The molecular weight excluding hydrogens is 1720 g/mol. The largest absolute Gasteiger partial charge is 1.00 e. The van der Waals surface area contributed by atoms with E-state index in [0.717, 1.165) is 34.4 Å². The minimum absolute atomic E-state index is 0. The van der Waals surface area contributed by atoms with Gasteiger partial charge in [0.05, 0.1) is 4.90 Å². The number of aromatic amines is 2. The van der Waals surface area contributed by atoms with Crippen LogP contribution in [-0.4, -0.2) is 238 Å². The van der Waals surface area contributed by atoms with Crippen molar-refractivity contribution in [1.82, 2.24) is 183 Å². The van der Waals surface area contributed by atoms with Crippen LogP contribution in [0.3, 0.4) is 0 Å². The maximum absolute atomic E-state index is 11.3. The molecule has 2 amide bonds. The molecule has 0 unspecified atom stereocenters. The van der Waals surface area contributed by atoms with E-state index >= 15 is 0 Å². The van der Waals surface area contributed by atoms with Gasteiger partial charge in [0.15, 0.2) is 11.6 Å². The smallest absolute Gasteiger partial charge is 0.744 e. The summed E-state index contributed by atoms with van der Waals surface area (Å²) < 4.78 is 63.8. The Kier molecular flexibility index (Phi) is 34.2. The van der Waals surface area contributed by atoms with E-state index in [2.05, 4.69) is 193 Å². The predicted molar refractivity (Wildman–Crippen MR) is 425 cm³/mol. The fourth-order valence-electron chi connectivity index (χ4n) is 9.56. The maximum Gasteiger partial charge on any atom is 1.00 e. The molecule has 7 N–H and O–H groups in total. The summed E-state index contributed by atoms with van der Waals surface area (Å²) in [5.41, 5.74) is 17.3. The zero-order chi connectivity index (χ0) is 88.4. The number of ether oxygens (including phenoxy) is 1. The standard InChI is InChI=1S/C16H12N6O2.C16H9N4O7S.3C12H8N6.C6H4N10.2Na.O3S/c17-13(23)9-1-5-11(6-2-9)15-19-21-16(22-20-15)12-7-3-10(4-8-12)14(18)24;21-8-27-12-5-11(6-13(7-12)28(24,25)26)15-19-17-14(18-20-15)9-2-1-3-10(4-9)16(22)23;1-5-13-6-2-9(1)11-15-17-12(18-16-11)10-3-7-14-8-4-10;1-3-9(7-13-5-1)11-15-17-12(18-16-11)10-4-2-6-14-8-10;1-3-7-13-9(5-1)11-15-17-12(18-16-11)10-6-2-4-8-14-10;1-7-3(11-9-1)5-13-15-6(16-14-5)4-8-2-10-12-4;;;1-4(2)3/h1-8H,(H2,17,23)(H2,18,24);2-8H,(H,22,23)(H,24,25,26);3*1-8H;1-2H,(H,7,9,11)(H,8,10,12);;;/q;-1;;;;;2*+1;/p-1. The van der Waals surface area contributed by atoms with E-state index in [1.54, 1.807) is 123 Å². The summed E-state index contributed by atoms with van der Waals surface area (Å²) in [6.07, 6.45) is 19.5. The number of hydrogen-bond donors (Lipinski definition) is 5. The summed E-state index contributed by atoms with van der Waals surface area (Å²) in [5, 5.41) is 117. The van der Waals surface area contributed by atoms with Gasteiger partial charge >= 0.3 is 69.7 Å². The number of H-pyrrole nitrogens is 2. The van der Waals surface area contributed by atoms with E-state index in [-0.39, 0.29) is 106 Å². The number of rotatable bonds is 18. The Balaban J connectivity index is 0.000000159. The van der Waals surface area contributed by atoms with Gasteiger partial charge in [0, 0.05) is 112 Å². The molecule has 0 saturated carbocycles. The molecule has 0 saturated heterocycles. The number of pyridine rings is 6. The normalized spacial score (nSPS) is 10.2. The summed E-state index contributed by atoms with van der Waals surface area (Å²) in [6.45, 7) is 0.0622. The van der Waals surface area contributed by atoms with Crippen LogP contribution < -0.4 is 75.3 Å². The maximum atomic E-state index is 11.3. The Hall–Kier alpha value is -16.9. The molecule has 0 radical (unpaired) electrons. The van der Waals surface area contributed by atoms with E-state index in [9.17, 15) is 32.1 Å². The molecule has 0 bridgehead atoms. The Morgan fingerprint density at radius 3 is 1.05 bits per heavy atom. The van der Waals surface area contributed by atoms with Crippen molar-refractivity contribution >= 4 is 45.0 Å². The molecule has 18 aromatic rings. The van der Waals surface area contributed by atoms with Crippen molar-refractivity contribution in [2.24, 2.45) is 11.5 Å². The fraction of sp³-hybridized carbons (Fsp3) is 0. The Morgan fingerprint density at radius 1 is 0.375 bits per heavy atom. The first kappa shape index (κ1) is 93.4. The monoisotopic (exact) mass is 1770 g/mol. The number of carboxylic acids is 1. The van der Waals surface area contributed by atoms with Crippen LogP contribution in [0, 0.1) is 6.07 Å².